The van der Waals surface area contributed by atoms with Gasteiger partial charge in [0.25, 0.3) is 0 Å². The first-order valence-corrected chi connectivity index (χ1v) is 7.72. The zero-order chi connectivity index (χ0) is 14.9. The van der Waals surface area contributed by atoms with Crippen molar-refractivity contribution in [3.05, 3.63) is 0 Å². The molecule has 5 atom stereocenters. The van der Waals surface area contributed by atoms with Crippen molar-refractivity contribution in [2.24, 2.45) is 29.6 Å². The number of carbonyl (C=O) groups excluding carboxylic acids is 2. The molecular weight excluding hydrogens is 256 g/mol. The monoisotopic (exact) mass is 282 g/mol. The van der Waals surface area contributed by atoms with E-state index in [2.05, 4.69) is 25.5 Å². The summed E-state index contributed by atoms with van der Waals surface area (Å²) < 4.78 is 10.4. The first kappa shape index (κ1) is 15.3. The van der Waals surface area contributed by atoms with Gasteiger partial charge in [-0.05, 0) is 37.0 Å². The fourth-order valence-electron chi connectivity index (χ4n) is 3.35. The van der Waals surface area contributed by atoms with Gasteiger partial charge in [-0.1, -0.05) is 27.2 Å². The lowest BCUT2D eigenvalue weighted by Gasteiger charge is -2.36. The zero-order valence-corrected chi connectivity index (χ0v) is 12.9. The van der Waals surface area contributed by atoms with E-state index in [0.717, 1.165) is 12.8 Å². The van der Waals surface area contributed by atoms with Crippen LogP contribution in [-0.4, -0.2) is 25.2 Å². The number of hydrogen-bond acceptors (Lipinski definition) is 4. The highest BCUT2D eigenvalue weighted by atomic mass is 16.5. The molecule has 0 bridgehead atoms. The van der Waals surface area contributed by atoms with Crippen LogP contribution in [0.5, 0.6) is 0 Å². The second kappa shape index (κ2) is 6.15. The average molecular weight is 282 g/mol. The van der Waals surface area contributed by atoms with Gasteiger partial charge >= 0.3 is 11.9 Å². The second-order valence-corrected chi connectivity index (χ2v) is 6.77. The number of ether oxygens (including phenoxy) is 2. The first-order chi connectivity index (χ1) is 9.43. The molecule has 4 nitrogen and oxygen atoms in total. The summed E-state index contributed by atoms with van der Waals surface area (Å²) in [6, 6.07) is 0. The number of carbonyl (C=O) groups is 2. The number of esters is 2. The lowest BCUT2D eigenvalue weighted by molar-refractivity contribution is -0.159. The van der Waals surface area contributed by atoms with Gasteiger partial charge in [0.1, 0.15) is 6.10 Å². The molecule has 0 aromatic carbocycles. The maximum Gasteiger partial charge on any atom is 0.310 e. The Kier molecular flexibility index (Phi) is 4.71. The Labute approximate surface area is 121 Å². The largest absolute Gasteiger partial charge is 0.469 e. The summed E-state index contributed by atoms with van der Waals surface area (Å²) >= 11 is 0. The maximum atomic E-state index is 12.1. The van der Waals surface area contributed by atoms with Crippen LogP contribution in [-0.2, 0) is 19.1 Å². The van der Waals surface area contributed by atoms with Crippen LogP contribution in [0.2, 0.25) is 0 Å². The predicted molar refractivity (Wildman–Crippen MR) is 74.8 cm³/mol. The van der Waals surface area contributed by atoms with Crippen LogP contribution in [0, 0.1) is 29.6 Å². The minimum absolute atomic E-state index is 0.0187. The molecule has 0 aromatic rings. The Morgan fingerprint density at radius 1 is 1.05 bits per heavy atom. The van der Waals surface area contributed by atoms with Crippen molar-refractivity contribution >= 4 is 11.9 Å². The highest BCUT2D eigenvalue weighted by Crippen LogP contribution is 2.42. The number of methoxy groups -OCH3 is 1. The first-order valence-electron chi connectivity index (χ1n) is 7.72. The molecule has 0 N–H and O–H groups in total. The van der Waals surface area contributed by atoms with E-state index >= 15 is 0 Å². The Morgan fingerprint density at radius 2 is 1.70 bits per heavy atom. The Bertz CT molecular complexity index is 377. The Morgan fingerprint density at radius 3 is 2.30 bits per heavy atom. The van der Waals surface area contributed by atoms with Crippen LogP contribution in [0.25, 0.3) is 0 Å². The summed E-state index contributed by atoms with van der Waals surface area (Å²) in [6.45, 7) is 6.59. The fraction of sp³-hybridized carbons (Fsp3) is 0.875. The van der Waals surface area contributed by atoms with E-state index in [1.807, 2.05) is 0 Å². The molecule has 0 radical (unpaired) electrons. The second-order valence-electron chi connectivity index (χ2n) is 6.77. The molecule has 0 heterocycles. The van der Waals surface area contributed by atoms with Gasteiger partial charge in [-0.3, -0.25) is 9.59 Å². The highest BCUT2D eigenvalue weighted by molar-refractivity contribution is 5.87. The molecule has 20 heavy (non-hydrogen) atoms. The molecule has 0 amide bonds. The van der Waals surface area contributed by atoms with Crippen molar-refractivity contribution in [1.82, 2.24) is 0 Å². The van der Waals surface area contributed by atoms with Crippen LogP contribution in [0.4, 0.5) is 0 Å². The van der Waals surface area contributed by atoms with Crippen molar-refractivity contribution in [3.8, 4) is 0 Å². The summed E-state index contributed by atoms with van der Waals surface area (Å²) in [6.07, 6.45) is 3.89. The van der Waals surface area contributed by atoms with Crippen molar-refractivity contribution in [2.75, 3.05) is 7.11 Å². The summed E-state index contributed by atoms with van der Waals surface area (Å²) in [5.41, 5.74) is 0. The van der Waals surface area contributed by atoms with Gasteiger partial charge < -0.3 is 9.47 Å². The normalized spacial score (nSPS) is 36.5. The van der Waals surface area contributed by atoms with Crippen LogP contribution in [0.3, 0.4) is 0 Å². The molecule has 2 aliphatic carbocycles. The fourth-order valence-corrected chi connectivity index (χ4v) is 3.35. The van der Waals surface area contributed by atoms with Gasteiger partial charge in [0.05, 0.1) is 18.9 Å². The van der Waals surface area contributed by atoms with E-state index in [-0.39, 0.29) is 29.9 Å². The van der Waals surface area contributed by atoms with Crippen molar-refractivity contribution in [3.63, 3.8) is 0 Å². The third-order valence-electron chi connectivity index (χ3n) is 4.83. The molecule has 2 rings (SSSR count). The van der Waals surface area contributed by atoms with E-state index in [1.54, 1.807) is 0 Å². The standard InChI is InChI=1S/C16H26O4/c1-9(2)11-6-5-10(3)7-14(11)20-16(18)13-8-12(13)15(17)19-4/h9-14H,5-8H2,1-4H3. The summed E-state index contributed by atoms with van der Waals surface area (Å²) in [7, 11) is 1.36. The van der Waals surface area contributed by atoms with Crippen LogP contribution >= 0.6 is 0 Å². The minimum Gasteiger partial charge on any atom is -0.469 e. The molecule has 2 aliphatic rings. The number of rotatable bonds is 4. The van der Waals surface area contributed by atoms with E-state index in [4.69, 9.17) is 4.74 Å². The molecule has 114 valence electrons. The molecule has 2 fully saturated rings. The smallest absolute Gasteiger partial charge is 0.310 e. The topological polar surface area (TPSA) is 52.6 Å². The molecular formula is C16H26O4. The van der Waals surface area contributed by atoms with Gasteiger partial charge in [0.2, 0.25) is 0 Å². The quantitative estimate of drug-likeness (QED) is 0.744. The van der Waals surface area contributed by atoms with Crippen molar-refractivity contribution in [2.45, 2.75) is 52.6 Å². The van der Waals surface area contributed by atoms with Crippen LogP contribution in [0.1, 0.15) is 46.5 Å². The lowest BCUT2D eigenvalue weighted by Crippen LogP contribution is -2.36. The number of hydrogen-bond donors (Lipinski definition) is 0. The Balaban J connectivity index is 1.90. The van der Waals surface area contributed by atoms with Gasteiger partial charge in [-0.25, -0.2) is 0 Å². The summed E-state index contributed by atoms with van der Waals surface area (Å²) in [5.74, 6) is 0.549. The minimum atomic E-state index is -0.288. The van der Waals surface area contributed by atoms with Gasteiger partial charge in [-0.2, -0.15) is 0 Å². The van der Waals surface area contributed by atoms with Crippen LogP contribution < -0.4 is 0 Å². The third-order valence-corrected chi connectivity index (χ3v) is 4.83. The predicted octanol–water partition coefficient (Wildman–Crippen LogP) is 2.80. The van der Waals surface area contributed by atoms with Gasteiger partial charge in [0, 0.05) is 0 Å². The van der Waals surface area contributed by atoms with Crippen molar-refractivity contribution in [1.29, 1.82) is 0 Å². The van der Waals surface area contributed by atoms with E-state index in [1.165, 1.54) is 13.5 Å². The molecule has 0 spiro atoms. The molecule has 4 heteroatoms. The van der Waals surface area contributed by atoms with Gasteiger partial charge in [0.15, 0.2) is 0 Å². The molecule has 0 saturated heterocycles. The van der Waals surface area contributed by atoms with E-state index in [0.29, 0.717) is 24.2 Å². The molecule has 2 saturated carbocycles. The summed E-state index contributed by atoms with van der Waals surface area (Å²) in [4.78, 5) is 23.5. The summed E-state index contributed by atoms with van der Waals surface area (Å²) in [5, 5.41) is 0. The maximum absolute atomic E-state index is 12.1. The van der Waals surface area contributed by atoms with Crippen LogP contribution in [0.15, 0.2) is 0 Å². The average Bonchev–Trinajstić information content (AvgIpc) is 3.17. The molecule has 0 aromatic heterocycles. The highest BCUT2D eigenvalue weighted by Gasteiger charge is 2.51. The van der Waals surface area contributed by atoms with E-state index in [9.17, 15) is 9.59 Å². The third kappa shape index (κ3) is 3.33. The lowest BCUT2D eigenvalue weighted by atomic mass is 9.75. The SMILES string of the molecule is COC(=O)C1CC1C(=O)OC1CC(C)CCC1C(C)C. The zero-order valence-electron chi connectivity index (χ0n) is 12.9. The van der Waals surface area contributed by atoms with E-state index < -0.39 is 0 Å². The Hall–Kier alpha value is -1.06. The molecule has 5 unspecified atom stereocenters. The molecule has 0 aliphatic heterocycles. The van der Waals surface area contributed by atoms with Crippen molar-refractivity contribution < 1.29 is 19.1 Å². The van der Waals surface area contributed by atoms with Gasteiger partial charge in [-0.15, -0.1) is 0 Å².